The van der Waals surface area contributed by atoms with E-state index in [1.807, 2.05) is 19.1 Å². The molecule has 0 bridgehead atoms. The van der Waals surface area contributed by atoms with Gasteiger partial charge in [-0.3, -0.25) is 9.89 Å². The van der Waals surface area contributed by atoms with Gasteiger partial charge < -0.3 is 14.5 Å². The molecule has 2 N–H and O–H groups in total. The standard InChI is InChI=1S/C18H17N3O4/c1-11-3-8-16(25-11)14-9-15(21-20-14)17(22)19-10-12-4-6-13(7-5-12)18(23)24-2/h3-9H,10H2,1-2H3,(H,19,22)(H,20,21). The topological polar surface area (TPSA) is 97.2 Å². The van der Waals surface area contributed by atoms with Crippen molar-refractivity contribution in [2.45, 2.75) is 13.5 Å². The van der Waals surface area contributed by atoms with E-state index in [9.17, 15) is 9.59 Å². The molecule has 0 radical (unpaired) electrons. The van der Waals surface area contributed by atoms with Crippen molar-refractivity contribution in [2.75, 3.05) is 7.11 Å². The van der Waals surface area contributed by atoms with Crippen LogP contribution in [-0.4, -0.2) is 29.2 Å². The van der Waals surface area contributed by atoms with Gasteiger partial charge in [0.2, 0.25) is 0 Å². The van der Waals surface area contributed by atoms with Gasteiger partial charge in [0.15, 0.2) is 11.5 Å². The fraction of sp³-hybridized carbons (Fsp3) is 0.167. The second-order valence-corrected chi connectivity index (χ2v) is 5.45. The first-order valence-corrected chi connectivity index (χ1v) is 7.64. The van der Waals surface area contributed by atoms with Crippen LogP contribution in [0.15, 0.2) is 46.9 Å². The van der Waals surface area contributed by atoms with Crippen LogP contribution < -0.4 is 5.32 Å². The van der Waals surface area contributed by atoms with Gasteiger partial charge in [-0.15, -0.1) is 0 Å². The minimum atomic E-state index is -0.396. The molecule has 0 aliphatic rings. The maximum atomic E-state index is 12.2. The second-order valence-electron chi connectivity index (χ2n) is 5.45. The third-order valence-corrected chi connectivity index (χ3v) is 3.64. The number of aromatic amines is 1. The molecule has 2 aromatic heterocycles. The van der Waals surface area contributed by atoms with Gasteiger partial charge in [-0.1, -0.05) is 12.1 Å². The van der Waals surface area contributed by atoms with Crippen LogP contribution in [0.25, 0.3) is 11.5 Å². The predicted octanol–water partition coefficient (Wildman–Crippen LogP) is 2.69. The number of carbonyl (C=O) groups is 2. The average molecular weight is 339 g/mol. The summed E-state index contributed by atoms with van der Waals surface area (Å²) in [5.74, 6) is 0.712. The number of nitrogens with one attached hydrogen (secondary N) is 2. The summed E-state index contributed by atoms with van der Waals surface area (Å²) in [7, 11) is 1.33. The van der Waals surface area contributed by atoms with E-state index in [-0.39, 0.29) is 11.6 Å². The van der Waals surface area contributed by atoms with Crippen LogP contribution in [-0.2, 0) is 11.3 Å². The smallest absolute Gasteiger partial charge is 0.337 e. The highest BCUT2D eigenvalue weighted by atomic mass is 16.5. The molecule has 0 spiro atoms. The fourth-order valence-electron chi connectivity index (χ4n) is 2.29. The molecule has 0 aliphatic heterocycles. The van der Waals surface area contributed by atoms with Crippen LogP contribution >= 0.6 is 0 Å². The van der Waals surface area contributed by atoms with Crippen molar-refractivity contribution in [2.24, 2.45) is 0 Å². The van der Waals surface area contributed by atoms with Crippen LogP contribution in [0.4, 0.5) is 0 Å². The van der Waals surface area contributed by atoms with Crippen LogP contribution in [0.5, 0.6) is 0 Å². The van der Waals surface area contributed by atoms with Crippen molar-refractivity contribution in [3.8, 4) is 11.5 Å². The van der Waals surface area contributed by atoms with Crippen molar-refractivity contribution in [3.63, 3.8) is 0 Å². The zero-order valence-electron chi connectivity index (χ0n) is 13.8. The lowest BCUT2D eigenvalue weighted by atomic mass is 10.1. The Labute approximate surface area is 144 Å². The van der Waals surface area contributed by atoms with Crippen LogP contribution in [0.3, 0.4) is 0 Å². The second kappa shape index (κ2) is 7.04. The van der Waals surface area contributed by atoms with Crippen LogP contribution in [0.1, 0.15) is 32.2 Å². The highest BCUT2D eigenvalue weighted by Gasteiger charge is 2.13. The Morgan fingerprint density at radius 2 is 1.96 bits per heavy atom. The van der Waals surface area contributed by atoms with Crippen molar-refractivity contribution in [1.29, 1.82) is 0 Å². The molecule has 2 heterocycles. The van der Waals surface area contributed by atoms with E-state index in [4.69, 9.17) is 4.42 Å². The van der Waals surface area contributed by atoms with Gasteiger partial charge in [-0.2, -0.15) is 5.10 Å². The zero-order valence-corrected chi connectivity index (χ0v) is 13.8. The van der Waals surface area contributed by atoms with Gasteiger partial charge in [-0.05, 0) is 36.8 Å². The van der Waals surface area contributed by atoms with Crippen LogP contribution in [0.2, 0.25) is 0 Å². The maximum absolute atomic E-state index is 12.2. The summed E-state index contributed by atoms with van der Waals surface area (Å²) in [6.45, 7) is 2.17. The monoisotopic (exact) mass is 339 g/mol. The number of esters is 1. The SMILES string of the molecule is COC(=O)c1ccc(CNC(=O)c2cc(-c3ccc(C)o3)[nH]n2)cc1. The number of nitrogens with zero attached hydrogens (tertiary/aromatic N) is 1. The van der Waals surface area contributed by atoms with E-state index in [1.54, 1.807) is 30.3 Å². The number of rotatable bonds is 5. The number of ether oxygens (including phenoxy) is 1. The van der Waals surface area contributed by atoms with Crippen molar-refractivity contribution in [3.05, 3.63) is 65.0 Å². The molecule has 0 saturated carbocycles. The molecule has 0 unspecified atom stereocenters. The molecule has 0 fully saturated rings. The number of amides is 1. The van der Waals surface area contributed by atoms with E-state index in [1.165, 1.54) is 7.11 Å². The van der Waals surface area contributed by atoms with Crippen molar-refractivity contribution >= 4 is 11.9 Å². The Morgan fingerprint density at radius 3 is 2.60 bits per heavy atom. The Kier molecular flexibility index (Phi) is 4.65. The molecule has 0 aliphatic carbocycles. The zero-order chi connectivity index (χ0) is 17.8. The van der Waals surface area contributed by atoms with Gasteiger partial charge in [0.25, 0.3) is 5.91 Å². The number of benzene rings is 1. The molecule has 0 atom stereocenters. The van der Waals surface area contributed by atoms with Gasteiger partial charge in [0, 0.05) is 12.6 Å². The molecule has 1 amide bonds. The molecular formula is C18H17N3O4. The number of aryl methyl sites for hydroxylation is 1. The molecule has 128 valence electrons. The molecule has 3 rings (SSSR count). The average Bonchev–Trinajstić information content (AvgIpc) is 3.28. The summed E-state index contributed by atoms with van der Waals surface area (Å²) in [5.41, 5.74) is 2.23. The Hall–Kier alpha value is -3.35. The summed E-state index contributed by atoms with van der Waals surface area (Å²) in [6, 6.07) is 12.1. The number of H-pyrrole nitrogens is 1. The number of methoxy groups -OCH3 is 1. The molecule has 25 heavy (non-hydrogen) atoms. The van der Waals surface area contributed by atoms with E-state index < -0.39 is 5.97 Å². The Morgan fingerprint density at radius 1 is 1.20 bits per heavy atom. The predicted molar refractivity (Wildman–Crippen MR) is 90.0 cm³/mol. The minimum Gasteiger partial charge on any atom is -0.465 e. The normalized spacial score (nSPS) is 10.5. The summed E-state index contributed by atoms with van der Waals surface area (Å²) in [4.78, 5) is 23.6. The molecular weight excluding hydrogens is 322 g/mol. The number of hydrogen-bond acceptors (Lipinski definition) is 5. The number of hydrogen-bond donors (Lipinski definition) is 2. The van der Waals surface area contributed by atoms with Gasteiger partial charge >= 0.3 is 5.97 Å². The van der Waals surface area contributed by atoms with Crippen LogP contribution in [0, 0.1) is 6.92 Å². The molecule has 1 aromatic carbocycles. The highest BCUT2D eigenvalue weighted by molar-refractivity contribution is 5.93. The van der Waals surface area contributed by atoms with E-state index >= 15 is 0 Å². The number of aromatic nitrogens is 2. The third-order valence-electron chi connectivity index (χ3n) is 3.64. The summed E-state index contributed by atoms with van der Waals surface area (Å²) < 4.78 is 10.1. The van der Waals surface area contributed by atoms with E-state index in [0.717, 1.165) is 11.3 Å². The lowest BCUT2D eigenvalue weighted by molar-refractivity contribution is 0.0600. The maximum Gasteiger partial charge on any atom is 0.337 e. The number of furan rings is 1. The highest BCUT2D eigenvalue weighted by Crippen LogP contribution is 2.20. The molecule has 3 aromatic rings. The molecule has 7 heteroatoms. The summed E-state index contributed by atoms with van der Waals surface area (Å²) in [6.07, 6.45) is 0. The molecule has 7 nitrogen and oxygen atoms in total. The van der Waals surface area contributed by atoms with Gasteiger partial charge in [-0.25, -0.2) is 4.79 Å². The lowest BCUT2D eigenvalue weighted by Crippen LogP contribution is -2.23. The minimum absolute atomic E-state index is 0.273. The van der Waals surface area contributed by atoms with E-state index in [2.05, 4.69) is 20.3 Å². The van der Waals surface area contributed by atoms with Gasteiger partial charge in [0.1, 0.15) is 11.5 Å². The summed E-state index contributed by atoms with van der Waals surface area (Å²) >= 11 is 0. The Bertz CT molecular complexity index is 893. The lowest BCUT2D eigenvalue weighted by Gasteiger charge is -2.04. The number of carbonyl (C=O) groups excluding carboxylic acids is 2. The summed E-state index contributed by atoms with van der Waals surface area (Å²) in [5, 5.41) is 9.57. The van der Waals surface area contributed by atoms with Crippen molar-refractivity contribution in [1.82, 2.24) is 15.5 Å². The first-order valence-electron chi connectivity index (χ1n) is 7.64. The fourth-order valence-corrected chi connectivity index (χ4v) is 2.29. The van der Waals surface area contributed by atoms with E-state index in [0.29, 0.717) is 23.6 Å². The quantitative estimate of drug-likeness (QED) is 0.697. The first-order chi connectivity index (χ1) is 12.1. The largest absolute Gasteiger partial charge is 0.465 e. The Balaban J connectivity index is 1.61. The molecule has 0 saturated heterocycles. The first kappa shape index (κ1) is 16.5. The van der Waals surface area contributed by atoms with Crippen molar-refractivity contribution < 1.29 is 18.7 Å². The van der Waals surface area contributed by atoms with Gasteiger partial charge in [0.05, 0.1) is 12.7 Å². The third kappa shape index (κ3) is 3.77.